The zero-order valence-corrected chi connectivity index (χ0v) is 11.2. The van der Waals surface area contributed by atoms with Crippen molar-refractivity contribution in [3.63, 3.8) is 0 Å². The van der Waals surface area contributed by atoms with Gasteiger partial charge in [0, 0.05) is 24.2 Å². The summed E-state index contributed by atoms with van der Waals surface area (Å²) in [6.45, 7) is 6.52. The van der Waals surface area contributed by atoms with Gasteiger partial charge in [-0.05, 0) is 39.7 Å². The van der Waals surface area contributed by atoms with Crippen LogP contribution >= 0.6 is 0 Å². The molecule has 0 aromatic heterocycles. The molecule has 17 heavy (non-hydrogen) atoms. The molecule has 0 bridgehead atoms. The molecule has 1 aliphatic heterocycles. The van der Waals surface area contributed by atoms with E-state index in [-0.39, 0.29) is 17.6 Å². The maximum absolute atomic E-state index is 11.5. The Bertz CT molecular complexity index is 287. The first kappa shape index (κ1) is 12.8. The van der Waals surface area contributed by atoms with Gasteiger partial charge in [-0.3, -0.25) is 9.69 Å². The predicted molar refractivity (Wildman–Crippen MR) is 66.8 cm³/mol. The van der Waals surface area contributed by atoms with E-state index in [0.29, 0.717) is 12.5 Å². The summed E-state index contributed by atoms with van der Waals surface area (Å²) in [7, 11) is 1.47. The van der Waals surface area contributed by atoms with Gasteiger partial charge in [-0.15, -0.1) is 0 Å². The second-order valence-electron chi connectivity index (χ2n) is 5.84. The third kappa shape index (κ3) is 2.99. The van der Waals surface area contributed by atoms with Crippen LogP contribution in [0.5, 0.6) is 0 Å². The quantitative estimate of drug-likeness (QED) is 0.752. The molecule has 1 heterocycles. The lowest BCUT2D eigenvalue weighted by molar-refractivity contribution is -0.142. The highest BCUT2D eigenvalue weighted by molar-refractivity contribution is 5.70. The fourth-order valence-corrected chi connectivity index (χ4v) is 2.98. The first-order valence-electron chi connectivity index (χ1n) is 6.60. The lowest BCUT2D eigenvalue weighted by Crippen LogP contribution is -2.52. The van der Waals surface area contributed by atoms with E-state index < -0.39 is 0 Å². The van der Waals surface area contributed by atoms with Crippen LogP contribution in [0.2, 0.25) is 0 Å². The van der Waals surface area contributed by atoms with E-state index in [1.54, 1.807) is 0 Å². The van der Waals surface area contributed by atoms with Gasteiger partial charge in [0.2, 0.25) is 0 Å². The van der Waals surface area contributed by atoms with E-state index in [4.69, 9.17) is 4.74 Å². The molecule has 0 aromatic carbocycles. The second-order valence-corrected chi connectivity index (χ2v) is 5.84. The zero-order chi connectivity index (χ0) is 12.5. The Morgan fingerprint density at radius 2 is 2.18 bits per heavy atom. The molecule has 0 spiro atoms. The van der Waals surface area contributed by atoms with Gasteiger partial charge in [-0.2, -0.15) is 0 Å². The van der Waals surface area contributed by atoms with Crippen molar-refractivity contribution in [2.45, 2.75) is 57.2 Å². The van der Waals surface area contributed by atoms with Crippen molar-refractivity contribution in [2.75, 3.05) is 20.2 Å². The summed E-state index contributed by atoms with van der Waals surface area (Å²) < 4.78 is 4.82. The molecule has 4 heteroatoms. The zero-order valence-electron chi connectivity index (χ0n) is 11.2. The molecule has 2 fully saturated rings. The maximum atomic E-state index is 11.5. The normalized spacial score (nSPS) is 29.7. The Morgan fingerprint density at radius 1 is 1.47 bits per heavy atom. The molecular weight excluding hydrogens is 216 g/mol. The molecule has 98 valence electrons. The topological polar surface area (TPSA) is 41.6 Å². The van der Waals surface area contributed by atoms with Gasteiger partial charge in [-0.1, -0.05) is 0 Å². The molecule has 1 saturated carbocycles. The number of methoxy groups -OCH3 is 1. The van der Waals surface area contributed by atoms with E-state index in [9.17, 15) is 4.79 Å². The van der Waals surface area contributed by atoms with Crippen LogP contribution in [0.25, 0.3) is 0 Å². The predicted octanol–water partition coefficient (Wildman–Crippen LogP) is 1.15. The van der Waals surface area contributed by atoms with Crippen molar-refractivity contribution < 1.29 is 9.53 Å². The summed E-state index contributed by atoms with van der Waals surface area (Å²) in [5.41, 5.74) is 0.184. The van der Waals surface area contributed by atoms with Crippen LogP contribution in [0.1, 0.15) is 39.5 Å². The molecule has 4 nitrogen and oxygen atoms in total. The van der Waals surface area contributed by atoms with E-state index >= 15 is 0 Å². The number of carbonyl (C=O) groups is 1. The smallest absolute Gasteiger partial charge is 0.307 e. The van der Waals surface area contributed by atoms with E-state index in [0.717, 1.165) is 19.5 Å². The summed E-state index contributed by atoms with van der Waals surface area (Å²) in [4.78, 5) is 14.1. The number of carbonyl (C=O) groups excluding carboxylic acids is 1. The Balaban J connectivity index is 2.11. The first-order chi connectivity index (χ1) is 8.04. The van der Waals surface area contributed by atoms with Gasteiger partial charge in [-0.25, -0.2) is 0 Å². The van der Waals surface area contributed by atoms with Crippen LogP contribution < -0.4 is 5.32 Å². The molecule has 2 aliphatic rings. The highest BCUT2D eigenvalue weighted by Crippen LogP contribution is 2.37. The average Bonchev–Trinajstić information content (AvgIpc) is 3.07. The second kappa shape index (κ2) is 4.94. The largest absolute Gasteiger partial charge is 0.469 e. The molecule has 1 atom stereocenters. The SMILES string of the molecule is COC(=O)CC1CNCCC(C)(C)N1C1CC1. The lowest BCUT2D eigenvalue weighted by atomic mass is 9.95. The van der Waals surface area contributed by atoms with Crippen molar-refractivity contribution in [1.29, 1.82) is 0 Å². The molecular formula is C13H24N2O2. The van der Waals surface area contributed by atoms with Gasteiger partial charge in [0.25, 0.3) is 0 Å². The number of esters is 1. The van der Waals surface area contributed by atoms with Crippen LogP contribution in [0.4, 0.5) is 0 Å². The summed E-state index contributed by atoms with van der Waals surface area (Å²) in [6.07, 6.45) is 4.20. The number of nitrogens with zero attached hydrogens (tertiary/aromatic N) is 1. The molecule has 0 amide bonds. The van der Waals surface area contributed by atoms with Crippen LogP contribution in [-0.4, -0.2) is 48.7 Å². The Labute approximate surface area is 104 Å². The molecule has 1 N–H and O–H groups in total. The fraction of sp³-hybridized carbons (Fsp3) is 0.923. The summed E-state index contributed by atoms with van der Waals surface area (Å²) in [5.74, 6) is -0.0971. The maximum Gasteiger partial charge on any atom is 0.307 e. The van der Waals surface area contributed by atoms with Crippen LogP contribution in [0, 0.1) is 0 Å². The number of nitrogens with one attached hydrogen (secondary N) is 1. The number of ether oxygens (including phenoxy) is 1. The minimum atomic E-state index is -0.0971. The molecule has 1 saturated heterocycles. The van der Waals surface area contributed by atoms with Crippen molar-refractivity contribution in [2.24, 2.45) is 0 Å². The minimum Gasteiger partial charge on any atom is -0.469 e. The Morgan fingerprint density at radius 3 is 2.76 bits per heavy atom. The highest BCUT2D eigenvalue weighted by Gasteiger charge is 2.43. The summed E-state index contributed by atoms with van der Waals surface area (Å²) >= 11 is 0. The van der Waals surface area contributed by atoms with Crippen LogP contribution in [-0.2, 0) is 9.53 Å². The lowest BCUT2D eigenvalue weighted by Gasteiger charge is -2.42. The highest BCUT2D eigenvalue weighted by atomic mass is 16.5. The number of rotatable bonds is 3. The average molecular weight is 240 g/mol. The van der Waals surface area contributed by atoms with Gasteiger partial charge < -0.3 is 10.1 Å². The molecule has 1 aliphatic carbocycles. The summed E-state index contributed by atoms with van der Waals surface area (Å²) in [6, 6.07) is 0.965. The number of hydrogen-bond acceptors (Lipinski definition) is 4. The van der Waals surface area contributed by atoms with E-state index in [2.05, 4.69) is 24.1 Å². The number of hydrogen-bond donors (Lipinski definition) is 1. The summed E-state index contributed by atoms with van der Waals surface area (Å²) in [5, 5.41) is 3.45. The standard InChI is InChI=1S/C13H24N2O2/c1-13(2)6-7-14-9-11(8-12(16)17-3)15(13)10-4-5-10/h10-11,14H,4-9H2,1-3H3. The first-order valence-corrected chi connectivity index (χ1v) is 6.60. The van der Waals surface area contributed by atoms with Gasteiger partial charge in [0.05, 0.1) is 13.5 Å². The molecule has 0 aromatic rings. The molecule has 2 rings (SSSR count). The van der Waals surface area contributed by atoms with Crippen molar-refractivity contribution >= 4 is 5.97 Å². The Hall–Kier alpha value is -0.610. The van der Waals surface area contributed by atoms with Crippen LogP contribution in [0.3, 0.4) is 0 Å². The fourth-order valence-electron chi connectivity index (χ4n) is 2.98. The monoisotopic (exact) mass is 240 g/mol. The Kier molecular flexibility index (Phi) is 3.73. The minimum absolute atomic E-state index is 0.0971. The molecule has 0 radical (unpaired) electrons. The van der Waals surface area contributed by atoms with E-state index in [1.165, 1.54) is 20.0 Å². The third-order valence-corrected chi connectivity index (χ3v) is 3.96. The van der Waals surface area contributed by atoms with Crippen LogP contribution in [0.15, 0.2) is 0 Å². The van der Waals surface area contributed by atoms with Crippen molar-refractivity contribution in [3.8, 4) is 0 Å². The molecule has 1 unspecified atom stereocenters. The van der Waals surface area contributed by atoms with Crippen molar-refractivity contribution in [3.05, 3.63) is 0 Å². The van der Waals surface area contributed by atoms with Gasteiger partial charge in [0.1, 0.15) is 0 Å². The van der Waals surface area contributed by atoms with Gasteiger partial charge >= 0.3 is 5.97 Å². The van der Waals surface area contributed by atoms with E-state index in [1.807, 2.05) is 0 Å². The van der Waals surface area contributed by atoms with Crippen molar-refractivity contribution in [1.82, 2.24) is 10.2 Å². The van der Waals surface area contributed by atoms with Gasteiger partial charge in [0.15, 0.2) is 0 Å². The third-order valence-electron chi connectivity index (χ3n) is 3.96.